The number of nitrogens with zero attached hydrogens (tertiary/aromatic N) is 2. The SMILES string of the molecule is CCNC(=NCc1ccc(OCCOC)nc1)NC(C)c1ccc(OCC2CC2)c(F)c1.I. The minimum Gasteiger partial charge on any atom is -0.490 e. The van der Waals surface area contributed by atoms with Crippen LogP contribution in [0.4, 0.5) is 4.39 Å². The van der Waals surface area contributed by atoms with Gasteiger partial charge in [0.05, 0.1) is 25.8 Å². The van der Waals surface area contributed by atoms with E-state index in [1.165, 1.54) is 18.9 Å². The van der Waals surface area contributed by atoms with Gasteiger partial charge in [0.15, 0.2) is 17.5 Å². The Kier molecular flexibility index (Phi) is 11.7. The molecule has 1 atom stereocenters. The van der Waals surface area contributed by atoms with Gasteiger partial charge in [0.2, 0.25) is 5.88 Å². The highest BCUT2D eigenvalue weighted by Crippen LogP contribution is 2.30. The van der Waals surface area contributed by atoms with Gasteiger partial charge in [-0.3, -0.25) is 0 Å². The number of guanidine groups is 1. The Morgan fingerprint density at radius 2 is 2.03 bits per heavy atom. The van der Waals surface area contributed by atoms with Crippen molar-refractivity contribution in [2.75, 3.05) is 33.5 Å². The van der Waals surface area contributed by atoms with E-state index in [4.69, 9.17) is 14.2 Å². The van der Waals surface area contributed by atoms with Crippen LogP contribution >= 0.6 is 24.0 Å². The number of aromatic nitrogens is 1. The predicted molar refractivity (Wildman–Crippen MR) is 138 cm³/mol. The second-order valence-electron chi connectivity index (χ2n) is 7.85. The van der Waals surface area contributed by atoms with E-state index in [2.05, 4.69) is 20.6 Å². The van der Waals surface area contributed by atoms with Gasteiger partial charge >= 0.3 is 0 Å². The van der Waals surface area contributed by atoms with Crippen LogP contribution < -0.4 is 20.1 Å². The molecule has 0 saturated heterocycles. The third-order valence-electron chi connectivity index (χ3n) is 5.08. The number of rotatable bonds is 12. The highest BCUT2D eigenvalue weighted by molar-refractivity contribution is 14.0. The molecule has 1 heterocycles. The first-order chi connectivity index (χ1) is 15.6. The average Bonchev–Trinajstić information content (AvgIpc) is 3.62. The molecule has 2 aromatic rings. The van der Waals surface area contributed by atoms with E-state index >= 15 is 0 Å². The topological polar surface area (TPSA) is 77.0 Å². The Hall–Kier alpha value is -2.14. The molecule has 0 radical (unpaired) electrons. The molecule has 182 valence electrons. The van der Waals surface area contributed by atoms with Crippen molar-refractivity contribution in [3.8, 4) is 11.6 Å². The zero-order chi connectivity index (χ0) is 22.8. The van der Waals surface area contributed by atoms with Crippen molar-refractivity contribution in [3.05, 3.63) is 53.5 Å². The van der Waals surface area contributed by atoms with E-state index in [1.54, 1.807) is 19.4 Å². The van der Waals surface area contributed by atoms with Gasteiger partial charge < -0.3 is 24.8 Å². The molecule has 2 N–H and O–H groups in total. The minimum absolute atomic E-state index is 0. The van der Waals surface area contributed by atoms with Gasteiger partial charge in [-0.15, -0.1) is 24.0 Å². The lowest BCUT2D eigenvalue weighted by Crippen LogP contribution is -2.38. The van der Waals surface area contributed by atoms with Gasteiger partial charge in [0, 0.05) is 25.9 Å². The summed E-state index contributed by atoms with van der Waals surface area (Å²) < 4.78 is 30.5. The van der Waals surface area contributed by atoms with Crippen LogP contribution in [-0.4, -0.2) is 44.4 Å². The Labute approximate surface area is 212 Å². The van der Waals surface area contributed by atoms with Crippen molar-refractivity contribution in [1.82, 2.24) is 15.6 Å². The molecule has 0 amide bonds. The molecule has 0 spiro atoms. The summed E-state index contributed by atoms with van der Waals surface area (Å²) in [6.45, 7) is 6.71. The minimum atomic E-state index is -0.336. The van der Waals surface area contributed by atoms with Gasteiger partial charge in [0.25, 0.3) is 0 Å². The predicted octanol–water partition coefficient (Wildman–Crippen LogP) is 4.47. The molecular weight excluding hydrogens is 538 g/mol. The highest BCUT2D eigenvalue weighted by Gasteiger charge is 2.22. The number of benzene rings is 1. The number of pyridine rings is 1. The maximum atomic E-state index is 14.4. The molecule has 0 bridgehead atoms. The second-order valence-corrected chi connectivity index (χ2v) is 7.85. The quantitative estimate of drug-likeness (QED) is 0.169. The number of methoxy groups -OCH3 is 1. The standard InChI is InChI=1S/C24H33FN4O3.HI/c1-4-26-24(28-15-19-7-10-23(27-14-19)31-12-11-30-3)29-17(2)20-8-9-22(21(25)13-20)32-16-18-5-6-18;/h7-10,13-14,17-18H,4-6,11-12,15-16H2,1-3H3,(H2,26,28,29);1H. The summed E-state index contributed by atoms with van der Waals surface area (Å²) in [5, 5.41) is 6.56. The molecule has 1 saturated carbocycles. The maximum Gasteiger partial charge on any atom is 0.213 e. The van der Waals surface area contributed by atoms with Crippen molar-refractivity contribution >= 4 is 29.9 Å². The zero-order valence-electron chi connectivity index (χ0n) is 19.5. The van der Waals surface area contributed by atoms with E-state index in [9.17, 15) is 4.39 Å². The van der Waals surface area contributed by atoms with E-state index in [0.717, 1.165) is 11.1 Å². The number of halogens is 2. The first kappa shape index (κ1) is 27.1. The van der Waals surface area contributed by atoms with Crippen molar-refractivity contribution in [1.29, 1.82) is 0 Å². The van der Waals surface area contributed by atoms with Crippen LogP contribution in [-0.2, 0) is 11.3 Å². The highest BCUT2D eigenvalue weighted by atomic mass is 127. The van der Waals surface area contributed by atoms with Crippen LogP contribution in [0.1, 0.15) is 43.9 Å². The van der Waals surface area contributed by atoms with E-state index in [1.807, 2.05) is 32.0 Å². The fraction of sp³-hybridized carbons (Fsp3) is 0.500. The lowest BCUT2D eigenvalue weighted by molar-refractivity contribution is 0.143. The van der Waals surface area contributed by atoms with Gasteiger partial charge in [-0.25, -0.2) is 14.4 Å². The largest absolute Gasteiger partial charge is 0.490 e. The molecule has 9 heteroatoms. The van der Waals surface area contributed by atoms with Crippen molar-refractivity contribution in [3.63, 3.8) is 0 Å². The molecule has 1 aliphatic rings. The van der Waals surface area contributed by atoms with Crippen LogP contribution in [0.5, 0.6) is 11.6 Å². The van der Waals surface area contributed by atoms with Gasteiger partial charge in [-0.2, -0.15) is 0 Å². The smallest absolute Gasteiger partial charge is 0.213 e. The molecule has 7 nitrogen and oxygen atoms in total. The van der Waals surface area contributed by atoms with Crippen LogP contribution in [0.2, 0.25) is 0 Å². The van der Waals surface area contributed by atoms with Crippen molar-refractivity contribution in [2.45, 2.75) is 39.3 Å². The number of hydrogen-bond acceptors (Lipinski definition) is 5. The fourth-order valence-corrected chi connectivity index (χ4v) is 2.99. The maximum absolute atomic E-state index is 14.4. The van der Waals surface area contributed by atoms with E-state index in [-0.39, 0.29) is 35.8 Å². The van der Waals surface area contributed by atoms with Crippen molar-refractivity contribution in [2.24, 2.45) is 10.9 Å². The summed E-state index contributed by atoms with van der Waals surface area (Å²) in [5.74, 6) is 1.77. The third-order valence-corrected chi connectivity index (χ3v) is 5.08. The van der Waals surface area contributed by atoms with Crippen molar-refractivity contribution < 1.29 is 18.6 Å². The van der Waals surface area contributed by atoms with Gasteiger partial charge in [-0.1, -0.05) is 12.1 Å². The Morgan fingerprint density at radius 1 is 1.21 bits per heavy atom. The van der Waals surface area contributed by atoms with Crippen LogP contribution in [0.25, 0.3) is 0 Å². The number of aliphatic imine (C=N–C) groups is 1. The number of hydrogen-bond donors (Lipinski definition) is 2. The van der Waals surface area contributed by atoms with Crippen LogP contribution in [0.3, 0.4) is 0 Å². The third kappa shape index (κ3) is 9.32. The van der Waals surface area contributed by atoms with E-state index in [0.29, 0.717) is 56.4 Å². The summed E-state index contributed by atoms with van der Waals surface area (Å²) in [4.78, 5) is 8.91. The summed E-state index contributed by atoms with van der Waals surface area (Å²) in [5.41, 5.74) is 1.78. The van der Waals surface area contributed by atoms with Gasteiger partial charge in [-0.05, 0) is 55.9 Å². The lowest BCUT2D eigenvalue weighted by Gasteiger charge is -2.19. The number of nitrogens with one attached hydrogen (secondary N) is 2. The molecule has 1 fully saturated rings. The van der Waals surface area contributed by atoms with Crippen LogP contribution in [0.15, 0.2) is 41.5 Å². The lowest BCUT2D eigenvalue weighted by atomic mass is 10.1. The second kappa shape index (κ2) is 14.2. The first-order valence-corrected chi connectivity index (χ1v) is 11.1. The molecule has 1 aliphatic carbocycles. The van der Waals surface area contributed by atoms with Gasteiger partial charge in [0.1, 0.15) is 6.61 Å². The summed E-state index contributed by atoms with van der Waals surface area (Å²) in [6, 6.07) is 8.74. The summed E-state index contributed by atoms with van der Waals surface area (Å²) in [6.07, 6.45) is 4.10. The molecule has 0 aliphatic heterocycles. The monoisotopic (exact) mass is 572 g/mol. The zero-order valence-corrected chi connectivity index (χ0v) is 21.8. The molecule has 3 rings (SSSR count). The molecule has 1 aromatic carbocycles. The summed E-state index contributed by atoms with van der Waals surface area (Å²) in [7, 11) is 1.63. The van der Waals surface area contributed by atoms with E-state index < -0.39 is 0 Å². The Bertz CT molecular complexity index is 879. The first-order valence-electron chi connectivity index (χ1n) is 11.1. The molecule has 1 unspecified atom stereocenters. The van der Waals surface area contributed by atoms with Crippen LogP contribution in [0, 0.1) is 11.7 Å². The Morgan fingerprint density at radius 3 is 2.67 bits per heavy atom. The molecular formula is C24H34FIN4O3. The normalized spacial score (nSPS) is 14.2. The average molecular weight is 572 g/mol. The fourth-order valence-electron chi connectivity index (χ4n) is 2.99. The molecule has 33 heavy (non-hydrogen) atoms. The molecule has 1 aromatic heterocycles. The Balaban J connectivity index is 0.00000385. The summed E-state index contributed by atoms with van der Waals surface area (Å²) >= 11 is 0. The number of ether oxygens (including phenoxy) is 3.